The van der Waals surface area contributed by atoms with Crippen LogP contribution < -0.4 is 10.1 Å². The number of methoxy groups -OCH3 is 1. The van der Waals surface area contributed by atoms with E-state index in [0.29, 0.717) is 0 Å². The summed E-state index contributed by atoms with van der Waals surface area (Å²) >= 11 is 5.70. The maximum Gasteiger partial charge on any atom is 0.170 e. The number of nitrogens with zero attached hydrogens (tertiary/aromatic N) is 3. The summed E-state index contributed by atoms with van der Waals surface area (Å²) in [4.78, 5) is 6.87. The van der Waals surface area contributed by atoms with E-state index >= 15 is 0 Å². The maximum atomic E-state index is 5.70. The van der Waals surface area contributed by atoms with Crippen LogP contribution in [0.5, 0.6) is 5.75 Å². The lowest BCUT2D eigenvalue weighted by atomic mass is 10.0. The molecule has 4 rings (SSSR count). The van der Waals surface area contributed by atoms with Gasteiger partial charge in [-0.15, -0.1) is 0 Å². The topological polar surface area (TPSA) is 42.3 Å². The molecule has 0 radical (unpaired) electrons. The van der Waals surface area contributed by atoms with Crippen LogP contribution in [0.25, 0.3) is 5.69 Å². The van der Waals surface area contributed by atoms with Crippen LogP contribution in [0.2, 0.25) is 0 Å². The zero-order chi connectivity index (χ0) is 19.7. The minimum atomic E-state index is -0.0111. The number of hydrogen-bond donors (Lipinski definition) is 1. The van der Waals surface area contributed by atoms with Gasteiger partial charge in [-0.05, 0) is 74.6 Å². The molecule has 0 unspecified atom stereocenters. The molecule has 0 saturated carbocycles. The zero-order valence-corrected chi connectivity index (χ0v) is 17.1. The Morgan fingerprint density at radius 2 is 1.86 bits per heavy atom. The number of aromatic nitrogens is 2. The lowest BCUT2D eigenvalue weighted by Crippen LogP contribution is -2.36. The maximum absolute atomic E-state index is 5.70. The molecular weight excluding hydrogens is 368 g/mol. The molecule has 1 fully saturated rings. The van der Waals surface area contributed by atoms with Crippen molar-refractivity contribution >= 4 is 17.3 Å². The Kier molecular flexibility index (Phi) is 5.05. The third-order valence-corrected chi connectivity index (χ3v) is 5.45. The molecule has 0 spiro atoms. The summed E-state index contributed by atoms with van der Waals surface area (Å²) in [6.45, 7) is 4.34. The molecule has 2 aromatic heterocycles. The van der Waals surface area contributed by atoms with E-state index in [2.05, 4.69) is 70.1 Å². The van der Waals surface area contributed by atoms with Gasteiger partial charge in [0, 0.05) is 29.8 Å². The van der Waals surface area contributed by atoms with Gasteiger partial charge < -0.3 is 19.5 Å². The zero-order valence-electron chi connectivity index (χ0n) is 16.2. The standard InChI is InChI=1S/C22H24N4OS/c1-15(2)26-21(20(24-22(26)28)18-7-4-5-13-23-18)19-8-6-14-25(19)16-9-11-17(27-3)12-10-16/h4-15,20-21H,1-3H3,(H,24,28)/t20-,21-/m0/s1. The summed E-state index contributed by atoms with van der Waals surface area (Å²) in [6, 6.07) is 18.6. The van der Waals surface area contributed by atoms with Gasteiger partial charge in [0.1, 0.15) is 5.75 Å². The van der Waals surface area contributed by atoms with Crippen molar-refractivity contribution in [1.82, 2.24) is 19.8 Å². The van der Waals surface area contributed by atoms with Crippen molar-refractivity contribution in [1.29, 1.82) is 0 Å². The van der Waals surface area contributed by atoms with E-state index in [1.807, 2.05) is 30.5 Å². The minimum absolute atomic E-state index is 0.0111. The molecule has 1 aliphatic heterocycles. The fourth-order valence-corrected chi connectivity index (χ4v) is 4.30. The van der Waals surface area contributed by atoms with Gasteiger partial charge in [0.05, 0.1) is 24.9 Å². The average Bonchev–Trinajstić information content (AvgIpc) is 3.32. The smallest absolute Gasteiger partial charge is 0.170 e. The van der Waals surface area contributed by atoms with E-state index in [1.54, 1.807) is 7.11 Å². The van der Waals surface area contributed by atoms with Crippen LogP contribution in [0.4, 0.5) is 0 Å². The third kappa shape index (κ3) is 3.24. The monoisotopic (exact) mass is 392 g/mol. The largest absolute Gasteiger partial charge is 0.497 e. The van der Waals surface area contributed by atoms with Crippen molar-refractivity contribution in [3.05, 3.63) is 78.4 Å². The number of nitrogens with one attached hydrogen (secondary N) is 1. The van der Waals surface area contributed by atoms with Crippen molar-refractivity contribution in [2.24, 2.45) is 0 Å². The fourth-order valence-electron chi connectivity index (χ4n) is 3.85. The quantitative estimate of drug-likeness (QED) is 0.657. The van der Waals surface area contributed by atoms with Gasteiger partial charge in [-0.25, -0.2) is 0 Å². The fraction of sp³-hybridized carbons (Fsp3) is 0.273. The van der Waals surface area contributed by atoms with Crippen molar-refractivity contribution in [3.63, 3.8) is 0 Å². The highest BCUT2D eigenvalue weighted by atomic mass is 32.1. The van der Waals surface area contributed by atoms with Crippen LogP contribution >= 0.6 is 12.2 Å². The molecule has 144 valence electrons. The summed E-state index contributed by atoms with van der Waals surface area (Å²) in [5.41, 5.74) is 3.24. The van der Waals surface area contributed by atoms with Gasteiger partial charge in [0.15, 0.2) is 5.11 Å². The number of hydrogen-bond acceptors (Lipinski definition) is 3. The van der Waals surface area contributed by atoms with Gasteiger partial charge in [-0.2, -0.15) is 0 Å². The second kappa shape index (κ2) is 7.64. The first-order valence-electron chi connectivity index (χ1n) is 9.41. The predicted molar refractivity (Wildman–Crippen MR) is 115 cm³/mol. The Bertz CT molecular complexity index is 952. The van der Waals surface area contributed by atoms with Crippen LogP contribution in [-0.2, 0) is 0 Å². The Hall–Kier alpha value is -2.86. The summed E-state index contributed by atoms with van der Waals surface area (Å²) < 4.78 is 7.51. The van der Waals surface area contributed by atoms with E-state index in [0.717, 1.165) is 22.2 Å². The van der Waals surface area contributed by atoms with Gasteiger partial charge >= 0.3 is 0 Å². The highest BCUT2D eigenvalue weighted by molar-refractivity contribution is 7.80. The highest BCUT2D eigenvalue weighted by Gasteiger charge is 2.42. The van der Waals surface area contributed by atoms with Gasteiger partial charge in [0.2, 0.25) is 0 Å². The van der Waals surface area contributed by atoms with Gasteiger partial charge in [-0.1, -0.05) is 6.07 Å². The molecule has 28 heavy (non-hydrogen) atoms. The van der Waals surface area contributed by atoms with E-state index in [1.165, 1.54) is 5.69 Å². The molecule has 5 nitrogen and oxygen atoms in total. The third-order valence-electron chi connectivity index (χ3n) is 5.13. The number of benzene rings is 1. The van der Waals surface area contributed by atoms with Crippen LogP contribution in [0.15, 0.2) is 67.0 Å². The van der Waals surface area contributed by atoms with Gasteiger partial charge in [-0.3, -0.25) is 4.98 Å². The molecule has 3 aromatic rings. The SMILES string of the molecule is COc1ccc(-n2cccc2[C@H]2[C@H](c3ccccn3)NC(=S)N2C(C)C)cc1. The lowest BCUT2D eigenvalue weighted by molar-refractivity contribution is 0.262. The van der Waals surface area contributed by atoms with Crippen molar-refractivity contribution in [2.45, 2.75) is 32.0 Å². The molecule has 1 saturated heterocycles. The van der Waals surface area contributed by atoms with E-state index in [9.17, 15) is 0 Å². The highest BCUT2D eigenvalue weighted by Crippen LogP contribution is 2.40. The first kappa shape index (κ1) is 18.5. The lowest BCUT2D eigenvalue weighted by Gasteiger charge is -2.31. The van der Waals surface area contributed by atoms with Crippen LogP contribution in [0, 0.1) is 0 Å². The van der Waals surface area contributed by atoms with E-state index in [4.69, 9.17) is 17.0 Å². The summed E-state index contributed by atoms with van der Waals surface area (Å²) in [7, 11) is 1.68. The Balaban J connectivity index is 1.80. The Morgan fingerprint density at radius 1 is 1.07 bits per heavy atom. The van der Waals surface area contributed by atoms with Crippen LogP contribution in [-0.4, -0.2) is 32.7 Å². The number of rotatable bonds is 5. The summed E-state index contributed by atoms with van der Waals surface area (Å²) in [6.07, 6.45) is 3.92. The van der Waals surface area contributed by atoms with E-state index in [-0.39, 0.29) is 18.1 Å². The van der Waals surface area contributed by atoms with Crippen molar-refractivity contribution in [2.75, 3.05) is 7.11 Å². The first-order chi connectivity index (χ1) is 13.6. The second-order valence-electron chi connectivity index (χ2n) is 7.13. The molecule has 0 amide bonds. The molecule has 0 aliphatic carbocycles. The van der Waals surface area contributed by atoms with Crippen molar-refractivity contribution in [3.8, 4) is 11.4 Å². The molecule has 0 bridgehead atoms. The average molecular weight is 393 g/mol. The molecule has 1 aliphatic rings. The number of thiocarbonyl (C=S) groups is 1. The molecule has 3 heterocycles. The number of pyridine rings is 1. The molecule has 2 atom stereocenters. The molecular formula is C22H24N4OS. The Morgan fingerprint density at radius 3 is 2.50 bits per heavy atom. The second-order valence-corrected chi connectivity index (χ2v) is 7.52. The molecule has 1 N–H and O–H groups in total. The van der Waals surface area contributed by atoms with Crippen molar-refractivity contribution < 1.29 is 4.74 Å². The van der Waals surface area contributed by atoms with E-state index < -0.39 is 0 Å². The van der Waals surface area contributed by atoms with Gasteiger partial charge in [0.25, 0.3) is 0 Å². The van der Waals surface area contributed by atoms with Crippen LogP contribution in [0.3, 0.4) is 0 Å². The summed E-state index contributed by atoms with van der Waals surface area (Å²) in [5.74, 6) is 0.844. The normalized spacial score (nSPS) is 19.1. The van der Waals surface area contributed by atoms with Crippen LogP contribution in [0.1, 0.15) is 37.3 Å². The summed E-state index contributed by atoms with van der Waals surface area (Å²) in [5, 5.41) is 4.26. The molecule has 1 aromatic carbocycles. The first-order valence-corrected chi connectivity index (χ1v) is 9.82. The number of ether oxygens (including phenoxy) is 1. The predicted octanol–water partition coefficient (Wildman–Crippen LogP) is 4.26. The molecule has 6 heteroatoms. The minimum Gasteiger partial charge on any atom is -0.497 e. The Labute approximate surface area is 171 Å².